The van der Waals surface area contributed by atoms with Crippen LogP contribution >= 0.6 is 0 Å². The molecule has 0 aliphatic carbocycles. The number of fused-ring (bicyclic) bond motifs is 1. The fourth-order valence-electron chi connectivity index (χ4n) is 3.80. The summed E-state index contributed by atoms with van der Waals surface area (Å²) in [6.45, 7) is 4.23. The molecule has 7 heteroatoms. The summed E-state index contributed by atoms with van der Waals surface area (Å²) in [6.07, 6.45) is 12.5. The van der Waals surface area contributed by atoms with E-state index in [0.29, 0.717) is 5.95 Å². The number of hydrogen-bond donors (Lipinski definition) is 1. The van der Waals surface area contributed by atoms with Gasteiger partial charge in [-0.3, -0.25) is 4.90 Å². The molecule has 32 heavy (non-hydrogen) atoms. The molecular formula is C25H22N6O. The fraction of sp³-hybridized carbons (Fsp3) is 0.200. The lowest BCUT2D eigenvalue weighted by Gasteiger charge is -2.27. The summed E-state index contributed by atoms with van der Waals surface area (Å²) in [5, 5.41) is 4.28. The molecular weight excluding hydrogens is 400 g/mol. The van der Waals surface area contributed by atoms with Crippen LogP contribution in [0.5, 0.6) is 0 Å². The van der Waals surface area contributed by atoms with E-state index in [1.165, 1.54) is 11.9 Å². The Bertz CT molecular complexity index is 1280. The van der Waals surface area contributed by atoms with E-state index in [1.807, 2.05) is 30.6 Å². The van der Waals surface area contributed by atoms with Gasteiger partial charge in [0.25, 0.3) is 0 Å². The highest BCUT2D eigenvalue weighted by molar-refractivity contribution is 5.81. The molecule has 7 nitrogen and oxygen atoms in total. The quantitative estimate of drug-likeness (QED) is 0.492. The third-order valence-electron chi connectivity index (χ3n) is 5.40. The Labute approximate surface area is 186 Å². The van der Waals surface area contributed by atoms with Crippen LogP contribution in [0.1, 0.15) is 11.1 Å². The largest absolute Gasteiger partial charge is 0.379 e. The van der Waals surface area contributed by atoms with Crippen molar-refractivity contribution in [3.63, 3.8) is 0 Å². The first kappa shape index (κ1) is 20.1. The minimum absolute atomic E-state index is 0.532. The molecule has 2 aromatic heterocycles. The molecule has 0 atom stereocenters. The predicted molar refractivity (Wildman–Crippen MR) is 124 cm³/mol. The Morgan fingerprint density at radius 2 is 1.84 bits per heavy atom. The minimum atomic E-state index is 0.532. The minimum Gasteiger partial charge on any atom is -0.379 e. The number of ether oxygens (including phenoxy) is 1. The van der Waals surface area contributed by atoms with Crippen LogP contribution in [-0.2, 0) is 11.3 Å². The first-order valence-electron chi connectivity index (χ1n) is 10.5. The second-order valence-corrected chi connectivity index (χ2v) is 7.67. The van der Waals surface area contributed by atoms with Crippen LogP contribution in [0.4, 0.5) is 11.6 Å². The van der Waals surface area contributed by atoms with E-state index >= 15 is 0 Å². The summed E-state index contributed by atoms with van der Waals surface area (Å²) in [7, 11) is 0. The molecule has 0 radical (unpaired) electrons. The van der Waals surface area contributed by atoms with Crippen molar-refractivity contribution in [2.75, 3.05) is 31.6 Å². The first-order valence-corrected chi connectivity index (χ1v) is 10.5. The number of hydrogen-bond acceptors (Lipinski definition) is 7. The van der Waals surface area contributed by atoms with Crippen molar-refractivity contribution in [1.82, 2.24) is 24.8 Å². The maximum absolute atomic E-state index is 5.49. The maximum atomic E-state index is 5.49. The van der Waals surface area contributed by atoms with Gasteiger partial charge >= 0.3 is 0 Å². The van der Waals surface area contributed by atoms with E-state index in [0.717, 1.165) is 66.1 Å². The van der Waals surface area contributed by atoms with Gasteiger partial charge in [0.15, 0.2) is 0 Å². The van der Waals surface area contributed by atoms with Crippen molar-refractivity contribution in [2.45, 2.75) is 6.54 Å². The molecule has 1 fully saturated rings. The van der Waals surface area contributed by atoms with Gasteiger partial charge in [0.2, 0.25) is 5.95 Å². The van der Waals surface area contributed by atoms with E-state index in [9.17, 15) is 0 Å². The number of anilines is 2. The zero-order valence-corrected chi connectivity index (χ0v) is 17.5. The summed E-state index contributed by atoms with van der Waals surface area (Å²) in [4.78, 5) is 19.9. The highest BCUT2D eigenvalue weighted by atomic mass is 16.5. The van der Waals surface area contributed by atoms with Gasteiger partial charge in [-0.1, -0.05) is 5.92 Å². The zero-order valence-electron chi connectivity index (χ0n) is 17.5. The van der Waals surface area contributed by atoms with Crippen molar-refractivity contribution >= 4 is 22.5 Å². The molecule has 1 aliphatic rings. The van der Waals surface area contributed by atoms with Crippen molar-refractivity contribution in [1.29, 1.82) is 0 Å². The normalized spacial score (nSPS) is 14.2. The Morgan fingerprint density at radius 3 is 2.66 bits per heavy atom. The van der Waals surface area contributed by atoms with Gasteiger partial charge in [-0.05, 0) is 47.5 Å². The molecule has 5 rings (SSSR count). The van der Waals surface area contributed by atoms with Crippen LogP contribution in [0.25, 0.3) is 22.0 Å². The van der Waals surface area contributed by atoms with Gasteiger partial charge in [0.05, 0.1) is 18.7 Å². The smallest absolute Gasteiger partial charge is 0.227 e. The summed E-state index contributed by atoms with van der Waals surface area (Å²) >= 11 is 0. The average Bonchev–Trinajstić information content (AvgIpc) is 2.85. The third-order valence-corrected chi connectivity index (χ3v) is 5.40. The predicted octanol–water partition coefficient (Wildman–Crippen LogP) is 3.64. The Hall–Kier alpha value is -3.86. The van der Waals surface area contributed by atoms with E-state index in [1.54, 1.807) is 6.20 Å². The summed E-state index contributed by atoms with van der Waals surface area (Å²) in [5.74, 6) is 3.17. The number of benzene rings is 2. The summed E-state index contributed by atoms with van der Waals surface area (Å²) in [6, 6.07) is 12.1. The number of aromatic nitrogens is 4. The molecule has 2 aromatic carbocycles. The van der Waals surface area contributed by atoms with Gasteiger partial charge in [-0.25, -0.2) is 19.9 Å². The van der Waals surface area contributed by atoms with Crippen LogP contribution < -0.4 is 5.32 Å². The van der Waals surface area contributed by atoms with Crippen LogP contribution in [0.2, 0.25) is 0 Å². The van der Waals surface area contributed by atoms with Gasteiger partial charge < -0.3 is 10.1 Å². The maximum Gasteiger partial charge on any atom is 0.227 e. The van der Waals surface area contributed by atoms with Crippen LogP contribution in [0.15, 0.2) is 61.3 Å². The van der Waals surface area contributed by atoms with Crippen LogP contribution in [-0.4, -0.2) is 51.1 Å². The molecule has 1 N–H and O–H groups in total. The van der Waals surface area contributed by atoms with Gasteiger partial charge in [0, 0.05) is 60.4 Å². The highest BCUT2D eigenvalue weighted by Crippen LogP contribution is 2.27. The molecule has 1 aliphatic heterocycles. The third kappa shape index (κ3) is 4.57. The van der Waals surface area contributed by atoms with Gasteiger partial charge in [-0.15, -0.1) is 6.42 Å². The van der Waals surface area contributed by atoms with E-state index in [4.69, 9.17) is 11.2 Å². The SMILES string of the molecule is C#Cc1ccc2nc(Nc3cc(CN4CCOCC4)cc(-c4cncnc4)c3)ncc2c1. The first-order chi connectivity index (χ1) is 15.8. The lowest BCUT2D eigenvalue weighted by molar-refractivity contribution is 0.0342. The number of nitrogens with one attached hydrogen (secondary N) is 1. The molecule has 0 spiro atoms. The standard InChI is InChI=1S/C25H22N6O/c1-2-18-3-4-24-21(9-18)15-28-25(30-24)29-23-11-19(16-31-5-7-32-8-6-31)10-20(12-23)22-13-26-17-27-14-22/h1,3-4,9-15,17H,5-8,16H2,(H,28,29,30). The molecule has 4 aromatic rings. The lowest BCUT2D eigenvalue weighted by Crippen LogP contribution is -2.35. The Morgan fingerprint density at radius 1 is 1.00 bits per heavy atom. The summed E-state index contributed by atoms with van der Waals surface area (Å²) in [5.41, 5.74) is 5.75. The number of rotatable bonds is 5. The van der Waals surface area contributed by atoms with Gasteiger partial charge in [-0.2, -0.15) is 0 Å². The second-order valence-electron chi connectivity index (χ2n) is 7.67. The lowest BCUT2D eigenvalue weighted by atomic mass is 10.0. The second kappa shape index (κ2) is 9.10. The van der Waals surface area contributed by atoms with Crippen molar-refractivity contribution in [3.8, 4) is 23.5 Å². The fourth-order valence-corrected chi connectivity index (χ4v) is 3.80. The Kier molecular flexibility index (Phi) is 5.71. The summed E-state index contributed by atoms with van der Waals surface area (Å²) < 4.78 is 5.48. The Balaban J connectivity index is 1.47. The number of terminal acetylenes is 1. The molecule has 0 amide bonds. The zero-order chi connectivity index (χ0) is 21.8. The number of nitrogens with zero attached hydrogens (tertiary/aromatic N) is 5. The molecule has 3 heterocycles. The molecule has 0 bridgehead atoms. The van der Waals surface area contributed by atoms with Crippen molar-refractivity contribution in [3.05, 3.63) is 72.4 Å². The van der Waals surface area contributed by atoms with Crippen molar-refractivity contribution in [2.24, 2.45) is 0 Å². The highest BCUT2D eigenvalue weighted by Gasteiger charge is 2.13. The monoisotopic (exact) mass is 422 g/mol. The molecule has 0 unspecified atom stereocenters. The van der Waals surface area contributed by atoms with Gasteiger partial charge in [0.1, 0.15) is 6.33 Å². The molecule has 0 saturated carbocycles. The topological polar surface area (TPSA) is 76.1 Å². The van der Waals surface area contributed by atoms with Crippen molar-refractivity contribution < 1.29 is 4.74 Å². The van der Waals surface area contributed by atoms with E-state index < -0.39 is 0 Å². The number of morpholine rings is 1. The van der Waals surface area contributed by atoms with E-state index in [2.05, 4.69) is 54.3 Å². The van der Waals surface area contributed by atoms with Crippen LogP contribution in [0, 0.1) is 12.3 Å². The van der Waals surface area contributed by atoms with E-state index in [-0.39, 0.29) is 0 Å². The average molecular weight is 422 g/mol. The van der Waals surface area contributed by atoms with Crippen LogP contribution in [0.3, 0.4) is 0 Å². The molecule has 158 valence electrons. The molecule has 1 saturated heterocycles.